The van der Waals surface area contributed by atoms with Gasteiger partial charge in [0.1, 0.15) is 0 Å². The van der Waals surface area contributed by atoms with Gasteiger partial charge in [-0.25, -0.2) is 0 Å². The SMILES string of the molecule is O=C(NCc1cccnc1)c1cncc(NCc2ccc(Cl)cc2)c1. The van der Waals surface area contributed by atoms with Crippen LogP contribution >= 0.6 is 11.6 Å². The maximum atomic E-state index is 12.3. The third-order valence-corrected chi connectivity index (χ3v) is 3.84. The minimum absolute atomic E-state index is 0.175. The number of nitrogens with zero attached hydrogens (tertiary/aromatic N) is 2. The average molecular weight is 353 g/mol. The van der Waals surface area contributed by atoms with Gasteiger partial charge in [0.2, 0.25) is 0 Å². The molecule has 3 aromatic rings. The molecule has 0 atom stereocenters. The van der Waals surface area contributed by atoms with Crippen LogP contribution in [0, 0.1) is 0 Å². The second-order valence-corrected chi connectivity index (χ2v) is 5.92. The van der Waals surface area contributed by atoms with E-state index >= 15 is 0 Å². The van der Waals surface area contributed by atoms with Gasteiger partial charge < -0.3 is 10.6 Å². The second-order valence-electron chi connectivity index (χ2n) is 5.49. The lowest BCUT2D eigenvalue weighted by Crippen LogP contribution is -2.23. The van der Waals surface area contributed by atoms with E-state index < -0.39 is 0 Å². The monoisotopic (exact) mass is 352 g/mol. The zero-order chi connectivity index (χ0) is 17.5. The molecule has 1 aromatic carbocycles. The number of pyridine rings is 2. The first-order valence-corrected chi connectivity index (χ1v) is 8.19. The number of hydrogen-bond donors (Lipinski definition) is 2. The number of benzene rings is 1. The summed E-state index contributed by atoms with van der Waals surface area (Å²) in [6.07, 6.45) is 6.66. The summed E-state index contributed by atoms with van der Waals surface area (Å²) < 4.78 is 0. The van der Waals surface area contributed by atoms with Crippen molar-refractivity contribution in [3.05, 3.63) is 89.0 Å². The number of carbonyl (C=O) groups is 1. The van der Waals surface area contributed by atoms with Gasteiger partial charge >= 0.3 is 0 Å². The van der Waals surface area contributed by atoms with Crippen molar-refractivity contribution in [1.82, 2.24) is 15.3 Å². The molecule has 0 unspecified atom stereocenters. The van der Waals surface area contributed by atoms with E-state index in [4.69, 9.17) is 11.6 Å². The number of nitrogens with one attached hydrogen (secondary N) is 2. The standard InChI is InChI=1S/C19H17ClN4O/c20-17-5-3-14(4-6-17)10-23-18-8-16(12-22-13-18)19(25)24-11-15-2-1-7-21-9-15/h1-9,12-13,23H,10-11H2,(H,24,25). The molecule has 0 aliphatic heterocycles. The molecule has 2 aromatic heterocycles. The molecule has 0 aliphatic rings. The van der Waals surface area contributed by atoms with E-state index in [9.17, 15) is 4.79 Å². The fraction of sp³-hybridized carbons (Fsp3) is 0.105. The van der Waals surface area contributed by atoms with Gasteiger partial charge in [0.05, 0.1) is 11.3 Å². The third-order valence-electron chi connectivity index (χ3n) is 3.59. The topological polar surface area (TPSA) is 66.9 Å². The molecule has 0 spiro atoms. The Bertz CT molecular complexity index is 838. The summed E-state index contributed by atoms with van der Waals surface area (Å²) in [5, 5.41) is 6.82. The Morgan fingerprint density at radius 1 is 0.960 bits per heavy atom. The van der Waals surface area contributed by atoms with Crippen LogP contribution in [-0.4, -0.2) is 15.9 Å². The van der Waals surface area contributed by atoms with Crippen LogP contribution in [-0.2, 0) is 13.1 Å². The maximum Gasteiger partial charge on any atom is 0.253 e. The van der Waals surface area contributed by atoms with Gasteiger partial charge in [-0.1, -0.05) is 29.8 Å². The first-order valence-electron chi connectivity index (χ1n) is 7.81. The van der Waals surface area contributed by atoms with E-state index in [2.05, 4.69) is 20.6 Å². The van der Waals surface area contributed by atoms with E-state index in [0.717, 1.165) is 16.8 Å². The zero-order valence-electron chi connectivity index (χ0n) is 13.4. The minimum atomic E-state index is -0.175. The highest BCUT2D eigenvalue weighted by molar-refractivity contribution is 6.30. The molecule has 0 saturated heterocycles. The van der Waals surface area contributed by atoms with Crippen LogP contribution < -0.4 is 10.6 Å². The molecular formula is C19H17ClN4O. The molecule has 0 radical (unpaired) electrons. The lowest BCUT2D eigenvalue weighted by molar-refractivity contribution is 0.0950. The Kier molecular flexibility index (Phi) is 5.59. The molecule has 0 fully saturated rings. The normalized spacial score (nSPS) is 10.3. The Balaban J connectivity index is 1.58. The summed E-state index contributed by atoms with van der Waals surface area (Å²) in [5.74, 6) is -0.175. The highest BCUT2D eigenvalue weighted by Gasteiger charge is 2.07. The van der Waals surface area contributed by atoms with Crippen LogP contribution in [0.1, 0.15) is 21.5 Å². The van der Waals surface area contributed by atoms with Crippen LogP contribution in [0.15, 0.2) is 67.3 Å². The van der Waals surface area contributed by atoms with Crippen molar-refractivity contribution in [3.63, 3.8) is 0 Å². The lowest BCUT2D eigenvalue weighted by atomic mass is 10.2. The molecule has 6 heteroatoms. The summed E-state index contributed by atoms with van der Waals surface area (Å²) in [6, 6.07) is 13.1. The first-order chi connectivity index (χ1) is 12.2. The molecule has 0 bridgehead atoms. The third kappa shape index (κ3) is 5.02. The van der Waals surface area contributed by atoms with Crippen molar-refractivity contribution < 1.29 is 4.79 Å². The van der Waals surface area contributed by atoms with Crippen molar-refractivity contribution in [2.75, 3.05) is 5.32 Å². The molecule has 2 N–H and O–H groups in total. The number of anilines is 1. The second kappa shape index (κ2) is 8.26. The van der Waals surface area contributed by atoms with Gasteiger partial charge in [-0.15, -0.1) is 0 Å². The van der Waals surface area contributed by atoms with Gasteiger partial charge in [0, 0.05) is 42.9 Å². The number of halogens is 1. The van der Waals surface area contributed by atoms with Crippen molar-refractivity contribution in [1.29, 1.82) is 0 Å². The summed E-state index contributed by atoms with van der Waals surface area (Å²) in [7, 11) is 0. The molecule has 3 rings (SSSR count). The summed E-state index contributed by atoms with van der Waals surface area (Å²) in [4.78, 5) is 20.4. The molecule has 25 heavy (non-hydrogen) atoms. The summed E-state index contributed by atoms with van der Waals surface area (Å²) in [6.45, 7) is 1.05. The van der Waals surface area contributed by atoms with E-state index in [-0.39, 0.29) is 5.91 Å². The zero-order valence-corrected chi connectivity index (χ0v) is 14.2. The number of aromatic nitrogens is 2. The Hall–Kier alpha value is -2.92. The van der Waals surface area contributed by atoms with E-state index in [0.29, 0.717) is 23.7 Å². The van der Waals surface area contributed by atoms with Gasteiger partial charge in [-0.2, -0.15) is 0 Å². The average Bonchev–Trinajstić information content (AvgIpc) is 2.67. The maximum absolute atomic E-state index is 12.3. The number of rotatable bonds is 6. The highest BCUT2D eigenvalue weighted by Crippen LogP contribution is 2.13. The van der Waals surface area contributed by atoms with Gasteiger partial charge in [-0.05, 0) is 35.4 Å². The van der Waals surface area contributed by atoms with E-state index in [1.54, 1.807) is 30.9 Å². The van der Waals surface area contributed by atoms with Crippen molar-refractivity contribution >= 4 is 23.2 Å². The lowest BCUT2D eigenvalue weighted by Gasteiger charge is -2.09. The smallest absolute Gasteiger partial charge is 0.253 e. The molecule has 1 amide bonds. The minimum Gasteiger partial charge on any atom is -0.380 e. The summed E-state index contributed by atoms with van der Waals surface area (Å²) in [5.41, 5.74) is 3.32. The molecule has 2 heterocycles. The molecule has 0 saturated carbocycles. The number of amides is 1. The van der Waals surface area contributed by atoms with Gasteiger partial charge in [0.25, 0.3) is 5.91 Å². The Morgan fingerprint density at radius 3 is 2.56 bits per heavy atom. The largest absolute Gasteiger partial charge is 0.380 e. The Morgan fingerprint density at radius 2 is 1.80 bits per heavy atom. The van der Waals surface area contributed by atoms with Crippen molar-refractivity contribution in [2.45, 2.75) is 13.1 Å². The molecule has 126 valence electrons. The predicted molar refractivity (Wildman–Crippen MR) is 98.4 cm³/mol. The number of carbonyl (C=O) groups excluding carboxylic acids is 1. The highest BCUT2D eigenvalue weighted by atomic mass is 35.5. The number of hydrogen-bond acceptors (Lipinski definition) is 4. The van der Waals surface area contributed by atoms with Crippen LogP contribution in [0.25, 0.3) is 0 Å². The van der Waals surface area contributed by atoms with Crippen LogP contribution in [0.3, 0.4) is 0 Å². The fourth-order valence-corrected chi connectivity index (χ4v) is 2.38. The fourth-order valence-electron chi connectivity index (χ4n) is 2.25. The van der Waals surface area contributed by atoms with Crippen LogP contribution in [0.5, 0.6) is 0 Å². The molecular weight excluding hydrogens is 336 g/mol. The van der Waals surface area contributed by atoms with Crippen LogP contribution in [0.2, 0.25) is 5.02 Å². The van der Waals surface area contributed by atoms with Crippen LogP contribution in [0.4, 0.5) is 5.69 Å². The molecule has 0 aliphatic carbocycles. The summed E-state index contributed by atoms with van der Waals surface area (Å²) >= 11 is 5.88. The predicted octanol–water partition coefficient (Wildman–Crippen LogP) is 3.67. The quantitative estimate of drug-likeness (QED) is 0.710. The molecule has 5 nitrogen and oxygen atoms in total. The van der Waals surface area contributed by atoms with Gasteiger partial charge in [-0.3, -0.25) is 14.8 Å². The first kappa shape index (κ1) is 16.9. The Labute approximate surface area is 151 Å². The van der Waals surface area contributed by atoms with E-state index in [1.807, 2.05) is 36.4 Å². The van der Waals surface area contributed by atoms with E-state index in [1.165, 1.54) is 0 Å². The van der Waals surface area contributed by atoms with Crippen molar-refractivity contribution in [2.24, 2.45) is 0 Å². The van der Waals surface area contributed by atoms with Crippen molar-refractivity contribution in [3.8, 4) is 0 Å². The van der Waals surface area contributed by atoms with Gasteiger partial charge in [0.15, 0.2) is 0 Å².